The van der Waals surface area contributed by atoms with E-state index in [-0.39, 0.29) is 11.9 Å². The van der Waals surface area contributed by atoms with Crippen molar-refractivity contribution >= 4 is 11.6 Å². The molecule has 0 aliphatic heterocycles. The third kappa shape index (κ3) is 9.68. The van der Waals surface area contributed by atoms with Crippen LogP contribution in [0.25, 0.3) is 0 Å². The number of carbonyl (C=O) groups is 1. The molecule has 2 N–H and O–H groups in total. The van der Waals surface area contributed by atoms with E-state index in [1.54, 1.807) is 6.92 Å². The first-order chi connectivity index (χ1) is 13.5. The minimum atomic E-state index is -0.310. The van der Waals surface area contributed by atoms with Gasteiger partial charge in [-0.15, -0.1) is 12.3 Å². The fourth-order valence-electron chi connectivity index (χ4n) is 2.29. The van der Waals surface area contributed by atoms with Crippen molar-refractivity contribution in [2.24, 2.45) is 0 Å². The summed E-state index contributed by atoms with van der Waals surface area (Å²) in [6.07, 6.45) is 4.60. The molecule has 1 amide bonds. The van der Waals surface area contributed by atoms with Crippen molar-refractivity contribution in [2.75, 3.05) is 11.9 Å². The molecular weight excluding hydrogens is 348 g/mol. The number of benzene rings is 2. The summed E-state index contributed by atoms with van der Waals surface area (Å²) in [5.41, 5.74) is 3.08. The van der Waals surface area contributed by atoms with Gasteiger partial charge in [0, 0.05) is 12.2 Å². The van der Waals surface area contributed by atoms with Crippen LogP contribution >= 0.6 is 0 Å². The van der Waals surface area contributed by atoms with Crippen LogP contribution in [0, 0.1) is 19.3 Å². The molecule has 2 rings (SSSR count). The monoisotopic (exact) mass is 382 g/mol. The van der Waals surface area contributed by atoms with Crippen molar-refractivity contribution < 1.29 is 9.53 Å². The summed E-state index contributed by atoms with van der Waals surface area (Å²) in [7, 11) is 0. The maximum Gasteiger partial charge on any atom is 0.242 e. The predicted molar refractivity (Wildman–Crippen MR) is 120 cm³/mol. The number of terminal acetylenes is 1. The smallest absolute Gasteiger partial charge is 0.242 e. The minimum Gasteiger partial charge on any atom is -0.494 e. The Labute approximate surface area is 170 Å². The highest BCUT2D eigenvalue weighted by Crippen LogP contribution is 2.22. The molecule has 0 fully saturated rings. The summed E-state index contributed by atoms with van der Waals surface area (Å²) < 4.78 is 5.47. The molecule has 0 saturated carbocycles. The zero-order valence-electron chi connectivity index (χ0n) is 18.0. The first kappa shape index (κ1) is 25.1. The second kappa shape index (κ2) is 15.2. The van der Waals surface area contributed by atoms with Crippen molar-refractivity contribution in [2.45, 2.75) is 54.1 Å². The number of amides is 1. The highest BCUT2D eigenvalue weighted by Gasteiger charge is 2.13. The van der Waals surface area contributed by atoms with E-state index in [0.717, 1.165) is 22.6 Å². The molecule has 28 heavy (non-hydrogen) atoms. The molecule has 0 radical (unpaired) electrons. The van der Waals surface area contributed by atoms with E-state index in [4.69, 9.17) is 4.74 Å². The maximum absolute atomic E-state index is 12.2. The van der Waals surface area contributed by atoms with E-state index in [1.807, 2.05) is 83.1 Å². The van der Waals surface area contributed by atoms with Crippen LogP contribution in [-0.4, -0.2) is 18.6 Å². The molecule has 1 atom stereocenters. The Kier molecular flexibility index (Phi) is 13.6. The standard InChI is InChI=1S/C19H24N2O2.C3H4.C2H6/c1-4-23-17-10-11-18(14(2)12-17)21-15(3)19(22)20-13-16-8-6-5-7-9-16;1-3-2;1-2/h5-12,15,21H,4,13H2,1-3H3,(H,20,22);1H,2H3;1-2H3. The van der Waals surface area contributed by atoms with E-state index in [9.17, 15) is 4.79 Å². The summed E-state index contributed by atoms with van der Waals surface area (Å²) in [5, 5.41) is 6.19. The van der Waals surface area contributed by atoms with Gasteiger partial charge in [0.25, 0.3) is 0 Å². The average molecular weight is 383 g/mol. The Bertz CT molecular complexity index is 721. The molecule has 0 aromatic heterocycles. The van der Waals surface area contributed by atoms with E-state index >= 15 is 0 Å². The van der Waals surface area contributed by atoms with Gasteiger partial charge in [0.2, 0.25) is 5.91 Å². The largest absolute Gasteiger partial charge is 0.494 e. The number of ether oxygens (including phenoxy) is 1. The SMILES string of the molecule is C#CC.CC.CCOc1ccc(NC(C)C(=O)NCc2ccccc2)c(C)c1. The number of nitrogens with one attached hydrogen (secondary N) is 2. The number of hydrogen-bond acceptors (Lipinski definition) is 3. The molecule has 0 bridgehead atoms. The van der Waals surface area contributed by atoms with Crippen molar-refractivity contribution in [3.8, 4) is 18.1 Å². The van der Waals surface area contributed by atoms with Crippen LogP contribution in [-0.2, 0) is 11.3 Å². The van der Waals surface area contributed by atoms with E-state index in [0.29, 0.717) is 13.2 Å². The average Bonchev–Trinajstić information content (AvgIpc) is 2.71. The van der Waals surface area contributed by atoms with Gasteiger partial charge in [-0.05, 0) is 57.0 Å². The molecule has 2 aromatic rings. The molecule has 0 aliphatic rings. The van der Waals surface area contributed by atoms with Crippen LogP contribution in [0.1, 0.15) is 45.7 Å². The van der Waals surface area contributed by atoms with E-state index in [2.05, 4.69) is 23.0 Å². The summed E-state index contributed by atoms with van der Waals surface area (Å²) in [6, 6.07) is 15.4. The van der Waals surface area contributed by atoms with Gasteiger partial charge in [-0.25, -0.2) is 0 Å². The number of anilines is 1. The van der Waals surface area contributed by atoms with Crippen molar-refractivity contribution in [1.29, 1.82) is 0 Å². The highest BCUT2D eigenvalue weighted by atomic mass is 16.5. The minimum absolute atomic E-state index is 0.0258. The maximum atomic E-state index is 12.2. The van der Waals surface area contributed by atoms with Gasteiger partial charge in [-0.2, -0.15) is 0 Å². The van der Waals surface area contributed by atoms with Gasteiger partial charge in [0.15, 0.2) is 0 Å². The highest BCUT2D eigenvalue weighted by molar-refractivity contribution is 5.84. The summed E-state index contributed by atoms with van der Waals surface area (Å²) in [6.45, 7) is 12.6. The first-order valence-electron chi connectivity index (χ1n) is 9.70. The molecule has 4 nitrogen and oxygen atoms in total. The Morgan fingerprint density at radius 2 is 1.79 bits per heavy atom. The Morgan fingerprint density at radius 3 is 2.32 bits per heavy atom. The molecule has 4 heteroatoms. The second-order valence-corrected chi connectivity index (χ2v) is 5.77. The molecule has 0 aliphatic carbocycles. The van der Waals surface area contributed by atoms with Crippen molar-refractivity contribution in [3.63, 3.8) is 0 Å². The molecule has 152 valence electrons. The summed E-state index contributed by atoms with van der Waals surface area (Å²) >= 11 is 0. The molecule has 2 aromatic carbocycles. The first-order valence-corrected chi connectivity index (χ1v) is 9.70. The van der Waals surface area contributed by atoms with Crippen LogP contribution in [0.2, 0.25) is 0 Å². The van der Waals surface area contributed by atoms with Crippen LogP contribution in [0.4, 0.5) is 5.69 Å². The van der Waals surface area contributed by atoms with Crippen LogP contribution in [0.15, 0.2) is 48.5 Å². The van der Waals surface area contributed by atoms with E-state index in [1.165, 1.54) is 0 Å². The normalized spacial score (nSPS) is 10.0. The van der Waals surface area contributed by atoms with Gasteiger partial charge in [0.05, 0.1) is 6.61 Å². The zero-order valence-corrected chi connectivity index (χ0v) is 18.0. The zero-order chi connectivity index (χ0) is 21.4. The van der Waals surface area contributed by atoms with Gasteiger partial charge < -0.3 is 15.4 Å². The lowest BCUT2D eigenvalue weighted by Crippen LogP contribution is -2.37. The third-order valence-corrected chi connectivity index (χ3v) is 3.58. The Morgan fingerprint density at radius 1 is 1.18 bits per heavy atom. The number of aryl methyl sites for hydroxylation is 1. The lowest BCUT2D eigenvalue weighted by molar-refractivity contribution is -0.121. The van der Waals surface area contributed by atoms with Gasteiger partial charge >= 0.3 is 0 Å². The fraction of sp³-hybridized carbons (Fsp3) is 0.375. The van der Waals surface area contributed by atoms with Gasteiger partial charge in [-0.1, -0.05) is 44.2 Å². The van der Waals surface area contributed by atoms with Crippen molar-refractivity contribution in [3.05, 3.63) is 59.7 Å². The fourth-order valence-corrected chi connectivity index (χ4v) is 2.29. The topological polar surface area (TPSA) is 50.4 Å². The molecule has 1 unspecified atom stereocenters. The third-order valence-electron chi connectivity index (χ3n) is 3.58. The summed E-state index contributed by atoms with van der Waals surface area (Å²) in [4.78, 5) is 12.2. The number of rotatable bonds is 7. The van der Waals surface area contributed by atoms with Crippen LogP contribution in [0.5, 0.6) is 5.75 Å². The molecular formula is C24H34N2O2. The molecule has 0 spiro atoms. The van der Waals surface area contributed by atoms with Gasteiger partial charge in [0.1, 0.15) is 11.8 Å². The second-order valence-electron chi connectivity index (χ2n) is 5.77. The Balaban J connectivity index is 0.00000133. The van der Waals surface area contributed by atoms with Crippen LogP contribution in [0.3, 0.4) is 0 Å². The number of hydrogen-bond donors (Lipinski definition) is 2. The summed E-state index contributed by atoms with van der Waals surface area (Å²) in [5.74, 6) is 3.07. The lowest BCUT2D eigenvalue weighted by Gasteiger charge is -2.17. The quantitative estimate of drug-likeness (QED) is 0.649. The number of carbonyl (C=O) groups excluding carboxylic acids is 1. The van der Waals surface area contributed by atoms with E-state index < -0.39 is 0 Å². The van der Waals surface area contributed by atoms with Gasteiger partial charge in [-0.3, -0.25) is 4.79 Å². The molecule has 0 heterocycles. The van der Waals surface area contributed by atoms with Crippen LogP contribution < -0.4 is 15.4 Å². The molecule has 0 saturated heterocycles. The lowest BCUT2D eigenvalue weighted by atomic mass is 10.1. The van der Waals surface area contributed by atoms with Crippen molar-refractivity contribution in [1.82, 2.24) is 5.32 Å². The Hall–Kier alpha value is -2.93. The predicted octanol–water partition coefficient (Wildman–Crippen LogP) is 5.18.